The lowest BCUT2D eigenvalue weighted by atomic mass is 10.0. The van der Waals surface area contributed by atoms with Gasteiger partial charge in [0, 0.05) is 6.61 Å². The molecule has 0 bridgehead atoms. The van der Waals surface area contributed by atoms with Gasteiger partial charge in [0.15, 0.2) is 5.34 Å². The van der Waals surface area contributed by atoms with Crippen molar-refractivity contribution in [2.24, 2.45) is 0 Å². The van der Waals surface area contributed by atoms with Crippen LogP contribution in [0.1, 0.15) is 51.2 Å². The number of hydrogen-bond donors (Lipinski definition) is 0. The molecular formula is C17H27O4P. The van der Waals surface area contributed by atoms with Crippen molar-refractivity contribution in [3.05, 3.63) is 35.4 Å². The monoisotopic (exact) mass is 326 g/mol. The van der Waals surface area contributed by atoms with Crippen LogP contribution in [-0.4, -0.2) is 19.8 Å². The Labute approximate surface area is 133 Å². The molecular weight excluding hydrogens is 299 g/mol. The molecule has 1 aliphatic rings. The highest BCUT2D eigenvalue weighted by molar-refractivity contribution is 7.55. The molecule has 22 heavy (non-hydrogen) atoms. The molecule has 1 aromatic carbocycles. The SMILES string of the molecule is CCCc1ccc(C2(P(=O)(OCC)OCC)CCCO2)cc1. The van der Waals surface area contributed by atoms with Gasteiger partial charge in [-0.25, -0.2) is 0 Å². The van der Waals surface area contributed by atoms with Gasteiger partial charge in [0.25, 0.3) is 0 Å². The molecule has 1 aliphatic heterocycles. The zero-order valence-corrected chi connectivity index (χ0v) is 14.7. The highest BCUT2D eigenvalue weighted by Gasteiger charge is 2.55. The molecule has 1 heterocycles. The summed E-state index contributed by atoms with van der Waals surface area (Å²) in [5, 5.41) is -0.955. The second-order valence-corrected chi connectivity index (χ2v) is 7.75. The number of benzene rings is 1. The van der Waals surface area contributed by atoms with Crippen LogP contribution in [0.15, 0.2) is 24.3 Å². The lowest BCUT2D eigenvalue weighted by Gasteiger charge is -2.35. The van der Waals surface area contributed by atoms with E-state index in [1.54, 1.807) is 0 Å². The Kier molecular flexibility index (Phi) is 6.22. The fraction of sp³-hybridized carbons (Fsp3) is 0.647. The van der Waals surface area contributed by atoms with Crippen LogP contribution < -0.4 is 0 Å². The van der Waals surface area contributed by atoms with E-state index >= 15 is 0 Å². The van der Waals surface area contributed by atoms with Gasteiger partial charge in [-0.15, -0.1) is 0 Å². The molecule has 1 saturated heterocycles. The van der Waals surface area contributed by atoms with Crippen LogP contribution in [0, 0.1) is 0 Å². The summed E-state index contributed by atoms with van der Waals surface area (Å²) in [6.07, 6.45) is 3.68. The number of aryl methyl sites for hydroxylation is 1. The van der Waals surface area contributed by atoms with Crippen molar-refractivity contribution < 1.29 is 18.3 Å². The smallest absolute Gasteiger partial charge is 0.358 e. The van der Waals surface area contributed by atoms with E-state index in [1.165, 1.54) is 5.56 Å². The van der Waals surface area contributed by atoms with Crippen LogP contribution in [0.25, 0.3) is 0 Å². The Hall–Kier alpha value is -0.670. The first-order valence-corrected chi connectivity index (χ1v) is 9.78. The van der Waals surface area contributed by atoms with Crippen LogP contribution in [0.2, 0.25) is 0 Å². The van der Waals surface area contributed by atoms with Crippen LogP contribution in [0.3, 0.4) is 0 Å². The third-order valence-corrected chi connectivity index (χ3v) is 6.68. The second kappa shape index (κ2) is 7.74. The van der Waals surface area contributed by atoms with Gasteiger partial charge in [0.05, 0.1) is 13.2 Å². The van der Waals surface area contributed by atoms with E-state index in [2.05, 4.69) is 19.1 Å². The molecule has 5 heteroatoms. The van der Waals surface area contributed by atoms with Crippen LogP contribution in [0.5, 0.6) is 0 Å². The van der Waals surface area contributed by atoms with Gasteiger partial charge in [-0.05, 0) is 44.2 Å². The highest BCUT2D eigenvalue weighted by Crippen LogP contribution is 2.69. The van der Waals surface area contributed by atoms with Gasteiger partial charge in [-0.1, -0.05) is 37.6 Å². The maximum absolute atomic E-state index is 13.4. The van der Waals surface area contributed by atoms with Crippen molar-refractivity contribution in [2.75, 3.05) is 19.8 Å². The van der Waals surface area contributed by atoms with Gasteiger partial charge in [0.2, 0.25) is 0 Å². The van der Waals surface area contributed by atoms with Crippen molar-refractivity contribution in [3.8, 4) is 0 Å². The molecule has 1 unspecified atom stereocenters. The molecule has 0 N–H and O–H groups in total. The molecule has 0 aromatic heterocycles. The topological polar surface area (TPSA) is 44.8 Å². The van der Waals surface area contributed by atoms with Gasteiger partial charge < -0.3 is 13.8 Å². The van der Waals surface area contributed by atoms with Crippen molar-refractivity contribution >= 4 is 7.60 Å². The Balaban J connectivity index is 2.40. The molecule has 0 aliphatic carbocycles. The summed E-state index contributed by atoms with van der Waals surface area (Å²) in [6.45, 7) is 7.10. The van der Waals surface area contributed by atoms with Crippen molar-refractivity contribution in [2.45, 2.75) is 51.8 Å². The number of hydrogen-bond acceptors (Lipinski definition) is 4. The predicted molar refractivity (Wildman–Crippen MR) is 88.2 cm³/mol. The summed E-state index contributed by atoms with van der Waals surface area (Å²) in [5.74, 6) is 0. The average molecular weight is 326 g/mol. The molecule has 0 saturated carbocycles. The predicted octanol–water partition coefficient (Wildman–Crippen LogP) is 4.87. The molecule has 1 fully saturated rings. The molecule has 1 aromatic rings. The summed E-state index contributed by atoms with van der Waals surface area (Å²) in [4.78, 5) is 0. The lowest BCUT2D eigenvalue weighted by Crippen LogP contribution is -2.27. The van der Waals surface area contributed by atoms with Gasteiger partial charge in [-0.2, -0.15) is 0 Å². The van der Waals surface area contributed by atoms with Crippen molar-refractivity contribution in [3.63, 3.8) is 0 Å². The van der Waals surface area contributed by atoms with Crippen LogP contribution in [0.4, 0.5) is 0 Å². The van der Waals surface area contributed by atoms with E-state index in [0.29, 0.717) is 26.2 Å². The minimum atomic E-state index is -3.37. The van der Waals surface area contributed by atoms with Crippen molar-refractivity contribution in [1.29, 1.82) is 0 Å². The molecule has 124 valence electrons. The molecule has 1 atom stereocenters. The maximum atomic E-state index is 13.4. The van der Waals surface area contributed by atoms with E-state index in [4.69, 9.17) is 13.8 Å². The number of ether oxygens (including phenoxy) is 1. The van der Waals surface area contributed by atoms with Gasteiger partial charge in [0.1, 0.15) is 0 Å². The van der Waals surface area contributed by atoms with Gasteiger partial charge in [-0.3, -0.25) is 4.57 Å². The summed E-state index contributed by atoms with van der Waals surface area (Å²) >= 11 is 0. The van der Waals surface area contributed by atoms with Crippen molar-refractivity contribution in [1.82, 2.24) is 0 Å². The van der Waals surface area contributed by atoms with Crippen LogP contribution >= 0.6 is 7.60 Å². The molecule has 0 spiro atoms. The largest absolute Gasteiger partial charge is 0.366 e. The van der Waals surface area contributed by atoms with E-state index in [1.807, 2.05) is 26.0 Å². The normalized spacial score (nSPS) is 22.1. The zero-order valence-electron chi connectivity index (χ0n) is 13.8. The minimum absolute atomic E-state index is 0.344. The fourth-order valence-corrected chi connectivity index (χ4v) is 5.35. The third-order valence-electron chi connectivity index (χ3n) is 3.99. The quantitative estimate of drug-likeness (QED) is 0.639. The maximum Gasteiger partial charge on any atom is 0.366 e. The summed E-state index contributed by atoms with van der Waals surface area (Å²) < 4.78 is 30.6. The first kappa shape index (κ1) is 17.7. The first-order chi connectivity index (χ1) is 10.6. The second-order valence-electron chi connectivity index (χ2n) is 5.52. The number of rotatable bonds is 8. The van der Waals surface area contributed by atoms with Gasteiger partial charge >= 0.3 is 7.60 Å². The Morgan fingerprint density at radius 1 is 1.14 bits per heavy atom. The van der Waals surface area contributed by atoms with E-state index in [-0.39, 0.29) is 0 Å². The summed E-state index contributed by atoms with van der Waals surface area (Å²) in [6, 6.07) is 8.21. The van der Waals surface area contributed by atoms with E-state index in [0.717, 1.165) is 24.8 Å². The third kappa shape index (κ3) is 3.30. The van der Waals surface area contributed by atoms with E-state index < -0.39 is 12.9 Å². The average Bonchev–Trinajstić information content (AvgIpc) is 3.00. The Morgan fingerprint density at radius 3 is 2.23 bits per heavy atom. The molecule has 2 rings (SSSR count). The Morgan fingerprint density at radius 2 is 1.77 bits per heavy atom. The zero-order chi connectivity index (χ0) is 16.1. The van der Waals surface area contributed by atoms with E-state index in [9.17, 15) is 4.57 Å². The Bertz CT molecular complexity index is 496. The lowest BCUT2D eigenvalue weighted by molar-refractivity contribution is 0.0320. The standard InChI is InChI=1S/C17H27O4P/c1-4-8-15-9-11-16(12-10-15)17(13-7-14-19-17)22(18,20-5-2)21-6-3/h9-12H,4-8,13-14H2,1-3H3. The molecule has 0 amide bonds. The molecule has 0 radical (unpaired) electrons. The first-order valence-electron chi connectivity index (χ1n) is 8.24. The molecule has 4 nitrogen and oxygen atoms in total. The summed E-state index contributed by atoms with van der Waals surface area (Å²) in [7, 11) is -3.37. The highest BCUT2D eigenvalue weighted by atomic mass is 31.2. The minimum Gasteiger partial charge on any atom is -0.358 e. The summed E-state index contributed by atoms with van der Waals surface area (Å²) in [5.41, 5.74) is 2.18. The van der Waals surface area contributed by atoms with Crippen LogP contribution in [-0.2, 0) is 30.1 Å². The fourth-order valence-electron chi connectivity index (χ4n) is 3.03.